The summed E-state index contributed by atoms with van der Waals surface area (Å²) in [4.78, 5) is 9.32. The summed E-state index contributed by atoms with van der Waals surface area (Å²) < 4.78 is 56.9. The summed E-state index contributed by atoms with van der Waals surface area (Å²) in [7, 11) is 0. The Morgan fingerprint density at radius 2 is 0.261 bits per heavy atom. The van der Waals surface area contributed by atoms with Crippen molar-refractivity contribution in [2.45, 2.75) is 0 Å². The third-order valence-corrected chi connectivity index (χ3v) is 8.11. The van der Waals surface area contributed by atoms with Crippen LogP contribution in [0.15, 0.2) is 0 Å². The monoisotopic (exact) mass is 664 g/mol. The van der Waals surface area contributed by atoms with Crippen LogP contribution in [0.5, 0.6) is 0 Å². The van der Waals surface area contributed by atoms with Gasteiger partial charge in [-0.05, 0) is 0 Å². The molecule has 6 heterocycles. The Kier molecular flexibility index (Phi) is 25.5. The van der Waals surface area contributed by atoms with E-state index in [4.69, 9.17) is 47.4 Å². The highest BCUT2D eigenvalue weighted by atomic mass is 16.5. The third kappa shape index (κ3) is 22.1. The lowest BCUT2D eigenvalue weighted by atomic mass is 10.4. The van der Waals surface area contributed by atoms with E-state index < -0.39 is 0 Å². The van der Waals surface area contributed by atoms with E-state index in [1.165, 1.54) is 0 Å². The lowest BCUT2D eigenvalue weighted by Gasteiger charge is -2.25. The number of rotatable bonds is 0. The van der Waals surface area contributed by atoms with Crippen molar-refractivity contribution in [3.63, 3.8) is 0 Å². The van der Waals surface area contributed by atoms with E-state index in [0.717, 1.165) is 118 Å². The molecule has 0 aromatic heterocycles. The van der Waals surface area contributed by atoms with Crippen LogP contribution >= 0.6 is 0 Å². The summed E-state index contributed by atoms with van der Waals surface area (Å²) in [6.07, 6.45) is 0. The first-order chi connectivity index (χ1) is 22.9. The van der Waals surface area contributed by atoms with Gasteiger partial charge in [-0.3, -0.25) is 19.6 Å². The zero-order chi connectivity index (χ0) is 32.0. The van der Waals surface area contributed by atoms with E-state index in [1.807, 2.05) is 0 Å². The van der Waals surface area contributed by atoms with Crippen LogP contribution in [0.1, 0.15) is 0 Å². The maximum absolute atomic E-state index is 5.74. The summed E-state index contributed by atoms with van der Waals surface area (Å²) in [5.41, 5.74) is 0. The molecule has 0 amide bonds. The maximum atomic E-state index is 5.74. The molecule has 272 valence electrons. The summed E-state index contributed by atoms with van der Waals surface area (Å²) in [6.45, 7) is 24.8. The molecule has 6 aliphatic rings. The van der Waals surface area contributed by atoms with Gasteiger partial charge in [0.2, 0.25) is 0 Å². The molecule has 6 rings (SSSR count). The Hall–Kier alpha value is -0.560. The molecule has 0 saturated carbocycles. The van der Waals surface area contributed by atoms with Crippen molar-refractivity contribution in [2.75, 3.05) is 211 Å². The number of nitrogens with zero attached hydrogens (tertiary/aromatic N) is 4. The average Bonchev–Trinajstić information content (AvgIpc) is 3.07. The van der Waals surface area contributed by atoms with Crippen molar-refractivity contribution in [3.05, 3.63) is 0 Å². The second kappa shape index (κ2) is 29.4. The van der Waals surface area contributed by atoms with Gasteiger partial charge in [0.05, 0.1) is 132 Å². The highest BCUT2D eigenvalue weighted by molar-refractivity contribution is 4.63. The molecule has 0 spiro atoms. The Morgan fingerprint density at radius 1 is 0.152 bits per heavy atom. The van der Waals surface area contributed by atoms with Gasteiger partial charge in [-0.1, -0.05) is 0 Å². The van der Waals surface area contributed by atoms with Crippen molar-refractivity contribution in [3.8, 4) is 0 Å². The molecular weight excluding hydrogens is 600 g/mol. The SMILES string of the molecule is C1COCCN2CCOCCN(CCO1)CCOCC2.C1COCCN2CCOCCOCCN(CCO1)CCOCCOCC2. The van der Waals surface area contributed by atoms with Crippen LogP contribution in [-0.2, 0) is 47.4 Å². The maximum Gasteiger partial charge on any atom is 0.0701 e. The molecule has 14 nitrogen and oxygen atoms in total. The second-order valence-corrected chi connectivity index (χ2v) is 11.5. The summed E-state index contributed by atoms with van der Waals surface area (Å²) in [6, 6.07) is 0. The van der Waals surface area contributed by atoms with Crippen molar-refractivity contribution in [1.82, 2.24) is 19.6 Å². The molecule has 6 aliphatic heterocycles. The molecule has 14 heteroatoms. The van der Waals surface area contributed by atoms with Gasteiger partial charge in [-0.25, -0.2) is 0 Å². The summed E-state index contributed by atoms with van der Waals surface area (Å²) >= 11 is 0. The van der Waals surface area contributed by atoms with Gasteiger partial charge >= 0.3 is 0 Å². The van der Waals surface area contributed by atoms with Gasteiger partial charge in [-0.15, -0.1) is 0 Å². The number of fused-ring (bicyclic) bond motifs is 36. The van der Waals surface area contributed by atoms with Crippen LogP contribution in [-0.4, -0.2) is 230 Å². The summed E-state index contributed by atoms with van der Waals surface area (Å²) in [5.74, 6) is 0. The standard InChI is InChI=1S/C18H36N2O6.C14H28N2O4/c1-7-21-13-14-24-10-4-20-5-11-25-17-15-22-8-2-19(1)3-9-23-16-18-26-12-6-20;1-7-17-9-3-16-4-10-18-8-2-15(1)5-11-19-13-14-20-12-6-16/h1-18H2;1-14H2. The average molecular weight is 665 g/mol. The molecule has 46 heavy (non-hydrogen) atoms. The van der Waals surface area contributed by atoms with Crippen LogP contribution in [0.3, 0.4) is 0 Å². The third-order valence-electron chi connectivity index (χ3n) is 8.11. The first kappa shape index (κ1) is 39.9. The van der Waals surface area contributed by atoms with Gasteiger partial charge in [0.1, 0.15) is 0 Å². The van der Waals surface area contributed by atoms with Gasteiger partial charge in [0.15, 0.2) is 0 Å². The highest BCUT2D eigenvalue weighted by Gasteiger charge is 2.11. The first-order valence-corrected chi connectivity index (χ1v) is 17.6. The minimum absolute atomic E-state index is 0.632. The predicted molar refractivity (Wildman–Crippen MR) is 174 cm³/mol. The normalized spacial score (nSPS) is 31.3. The highest BCUT2D eigenvalue weighted by Crippen LogP contribution is 1.98. The fraction of sp³-hybridized carbons (Fsp3) is 1.00. The van der Waals surface area contributed by atoms with Gasteiger partial charge in [-0.2, -0.15) is 0 Å². The van der Waals surface area contributed by atoms with E-state index in [0.29, 0.717) is 92.5 Å². The zero-order valence-electron chi connectivity index (χ0n) is 28.5. The minimum atomic E-state index is 0.632. The van der Waals surface area contributed by atoms with E-state index >= 15 is 0 Å². The quantitative estimate of drug-likeness (QED) is 0.329. The van der Waals surface area contributed by atoms with Crippen molar-refractivity contribution < 1.29 is 47.4 Å². The van der Waals surface area contributed by atoms with Gasteiger partial charge in [0.25, 0.3) is 0 Å². The lowest BCUT2D eigenvalue weighted by molar-refractivity contribution is -0.0103. The Morgan fingerprint density at radius 3 is 0.391 bits per heavy atom. The van der Waals surface area contributed by atoms with E-state index in [2.05, 4.69) is 19.6 Å². The van der Waals surface area contributed by atoms with E-state index in [1.54, 1.807) is 0 Å². The number of hydrogen-bond acceptors (Lipinski definition) is 14. The van der Waals surface area contributed by atoms with Crippen LogP contribution in [0.25, 0.3) is 0 Å². The van der Waals surface area contributed by atoms with Crippen molar-refractivity contribution in [2.24, 2.45) is 0 Å². The minimum Gasteiger partial charge on any atom is -0.379 e. The van der Waals surface area contributed by atoms with Crippen molar-refractivity contribution in [1.29, 1.82) is 0 Å². The molecule has 0 atom stereocenters. The molecule has 0 N–H and O–H groups in total. The number of hydrogen-bond donors (Lipinski definition) is 0. The topological polar surface area (TPSA) is 105 Å². The smallest absolute Gasteiger partial charge is 0.0701 e. The van der Waals surface area contributed by atoms with E-state index in [-0.39, 0.29) is 0 Å². The Bertz CT molecular complexity index is 555. The summed E-state index contributed by atoms with van der Waals surface area (Å²) in [5, 5.41) is 0. The molecule has 0 aliphatic carbocycles. The Labute approximate surface area is 277 Å². The zero-order valence-corrected chi connectivity index (χ0v) is 28.5. The molecular formula is C32H64N4O10. The molecule has 0 aromatic carbocycles. The van der Waals surface area contributed by atoms with Gasteiger partial charge < -0.3 is 47.4 Å². The fourth-order valence-electron chi connectivity index (χ4n) is 5.16. The van der Waals surface area contributed by atoms with Crippen LogP contribution in [0, 0.1) is 0 Å². The second-order valence-electron chi connectivity index (χ2n) is 11.5. The van der Waals surface area contributed by atoms with E-state index in [9.17, 15) is 0 Å². The predicted octanol–water partition coefficient (Wildman–Crippen LogP) is -0.599. The van der Waals surface area contributed by atoms with Crippen LogP contribution < -0.4 is 0 Å². The first-order valence-electron chi connectivity index (χ1n) is 17.6. The molecule has 6 saturated heterocycles. The molecule has 0 unspecified atom stereocenters. The van der Waals surface area contributed by atoms with Crippen LogP contribution in [0.4, 0.5) is 0 Å². The van der Waals surface area contributed by atoms with Crippen molar-refractivity contribution >= 4 is 0 Å². The molecule has 0 radical (unpaired) electrons. The fourth-order valence-corrected chi connectivity index (χ4v) is 5.16. The lowest BCUT2D eigenvalue weighted by Crippen LogP contribution is -2.37. The molecule has 4 bridgehead atoms. The van der Waals surface area contributed by atoms with Gasteiger partial charge in [0, 0.05) is 78.5 Å². The Balaban J connectivity index is 0.000000259. The number of ether oxygens (including phenoxy) is 10. The molecule has 0 aromatic rings. The largest absolute Gasteiger partial charge is 0.379 e. The van der Waals surface area contributed by atoms with Crippen LogP contribution in [0.2, 0.25) is 0 Å². The molecule has 6 fully saturated rings.